The minimum Gasteiger partial charge on any atom is -0.338 e. The van der Waals surface area contributed by atoms with E-state index in [0.717, 1.165) is 36.0 Å². The van der Waals surface area contributed by atoms with E-state index in [2.05, 4.69) is 35.4 Å². The summed E-state index contributed by atoms with van der Waals surface area (Å²) in [7, 11) is 1.67. The van der Waals surface area contributed by atoms with E-state index < -0.39 is 5.54 Å². The van der Waals surface area contributed by atoms with Gasteiger partial charge in [0.05, 0.1) is 0 Å². The number of guanidine groups is 1. The maximum atomic E-state index is 13.0. The molecule has 2 heterocycles. The molecule has 1 aromatic carbocycles. The van der Waals surface area contributed by atoms with E-state index in [4.69, 9.17) is 5.41 Å². The van der Waals surface area contributed by atoms with Crippen LogP contribution < -0.4 is 5.32 Å². The van der Waals surface area contributed by atoms with Gasteiger partial charge in [-0.25, -0.2) is 0 Å². The zero-order valence-electron chi connectivity index (χ0n) is 14.5. The van der Waals surface area contributed by atoms with E-state index in [1.807, 2.05) is 24.5 Å². The van der Waals surface area contributed by atoms with Crippen molar-refractivity contribution >= 4 is 11.9 Å². The summed E-state index contributed by atoms with van der Waals surface area (Å²) in [6.07, 6.45) is 6.71. The van der Waals surface area contributed by atoms with Gasteiger partial charge in [-0.2, -0.15) is 0 Å². The van der Waals surface area contributed by atoms with E-state index in [9.17, 15) is 4.79 Å². The Morgan fingerprint density at radius 1 is 1.28 bits per heavy atom. The number of hydrogen-bond donors (Lipinski definition) is 2. The van der Waals surface area contributed by atoms with E-state index in [1.165, 1.54) is 10.5 Å². The number of hydrogen-bond acceptors (Lipinski definition) is 3. The predicted octanol–water partition coefficient (Wildman–Crippen LogP) is 2.91. The standard InChI is InChI=1S/C20H22N4O/c1-3-13-9-15(12-22-11-13)14-5-4-6-17(10-14)20(16-7-8-16)18(25)24(2)19(21)23-20/h4-6,9-12,16H,3,7-8H2,1-2H3,(H2,21,23). The fraction of sp³-hybridized carbons (Fsp3) is 0.350. The molecule has 1 amide bonds. The minimum atomic E-state index is -0.794. The lowest BCUT2D eigenvalue weighted by Gasteiger charge is -2.28. The highest BCUT2D eigenvalue weighted by atomic mass is 16.2. The first-order valence-electron chi connectivity index (χ1n) is 8.76. The maximum absolute atomic E-state index is 13.0. The molecule has 2 aromatic rings. The fourth-order valence-corrected chi connectivity index (χ4v) is 3.70. The zero-order chi connectivity index (χ0) is 17.6. The van der Waals surface area contributed by atoms with E-state index in [1.54, 1.807) is 7.05 Å². The van der Waals surface area contributed by atoms with Crippen LogP contribution in [0.4, 0.5) is 0 Å². The highest BCUT2D eigenvalue weighted by Crippen LogP contribution is 2.49. The Kier molecular flexibility index (Phi) is 3.60. The lowest BCUT2D eigenvalue weighted by molar-refractivity contribution is -0.131. The van der Waals surface area contributed by atoms with Gasteiger partial charge in [0.2, 0.25) is 0 Å². The van der Waals surface area contributed by atoms with Gasteiger partial charge >= 0.3 is 0 Å². The molecule has 2 N–H and O–H groups in total. The average molecular weight is 334 g/mol. The van der Waals surface area contributed by atoms with Crippen LogP contribution in [0.1, 0.15) is 30.9 Å². The summed E-state index contributed by atoms with van der Waals surface area (Å²) in [5, 5.41) is 11.3. The van der Waals surface area contributed by atoms with Crippen molar-refractivity contribution in [2.24, 2.45) is 5.92 Å². The summed E-state index contributed by atoms with van der Waals surface area (Å²) in [6.45, 7) is 2.11. The van der Waals surface area contributed by atoms with Gasteiger partial charge in [0.1, 0.15) is 5.54 Å². The number of nitrogens with one attached hydrogen (secondary N) is 2. The fourth-order valence-electron chi connectivity index (χ4n) is 3.70. The summed E-state index contributed by atoms with van der Waals surface area (Å²) in [4.78, 5) is 18.7. The summed E-state index contributed by atoms with van der Waals surface area (Å²) < 4.78 is 0. The van der Waals surface area contributed by atoms with Crippen molar-refractivity contribution in [1.82, 2.24) is 15.2 Å². The van der Waals surface area contributed by atoms with Crippen molar-refractivity contribution in [3.8, 4) is 11.1 Å². The molecule has 128 valence electrons. The van der Waals surface area contributed by atoms with Crippen LogP contribution in [0.15, 0.2) is 42.7 Å². The van der Waals surface area contributed by atoms with Crippen molar-refractivity contribution in [2.75, 3.05) is 7.05 Å². The molecular weight excluding hydrogens is 312 g/mol. The molecule has 5 nitrogen and oxygen atoms in total. The van der Waals surface area contributed by atoms with Crippen molar-refractivity contribution in [1.29, 1.82) is 5.41 Å². The second kappa shape index (κ2) is 5.69. The predicted molar refractivity (Wildman–Crippen MR) is 97.1 cm³/mol. The smallest absolute Gasteiger partial charge is 0.259 e. The third kappa shape index (κ3) is 2.42. The van der Waals surface area contributed by atoms with Crippen LogP contribution >= 0.6 is 0 Å². The third-order valence-corrected chi connectivity index (χ3v) is 5.34. The van der Waals surface area contributed by atoms with Crippen LogP contribution in [0.25, 0.3) is 11.1 Å². The molecule has 1 aliphatic heterocycles. The number of likely N-dealkylation sites (N-methyl/N-ethyl adjacent to an activating group) is 1. The van der Waals surface area contributed by atoms with Gasteiger partial charge < -0.3 is 5.32 Å². The molecule has 1 unspecified atom stereocenters. The Bertz CT molecular complexity index is 858. The topological polar surface area (TPSA) is 69.1 Å². The molecule has 25 heavy (non-hydrogen) atoms. The zero-order valence-corrected chi connectivity index (χ0v) is 14.5. The van der Waals surface area contributed by atoms with Crippen molar-refractivity contribution < 1.29 is 4.79 Å². The number of rotatable bonds is 4. The lowest BCUT2D eigenvalue weighted by Crippen LogP contribution is -2.46. The molecule has 1 aromatic heterocycles. The van der Waals surface area contributed by atoms with Gasteiger partial charge in [-0.05, 0) is 54.0 Å². The monoisotopic (exact) mass is 334 g/mol. The Morgan fingerprint density at radius 3 is 2.72 bits per heavy atom. The van der Waals surface area contributed by atoms with Gasteiger partial charge in [0.15, 0.2) is 5.96 Å². The van der Waals surface area contributed by atoms with Gasteiger partial charge in [-0.1, -0.05) is 25.1 Å². The second-order valence-electron chi connectivity index (χ2n) is 6.94. The van der Waals surface area contributed by atoms with Crippen LogP contribution in [-0.4, -0.2) is 28.8 Å². The van der Waals surface area contributed by atoms with E-state index in [0.29, 0.717) is 0 Å². The number of carbonyl (C=O) groups is 1. The second-order valence-corrected chi connectivity index (χ2v) is 6.94. The number of nitrogens with zero attached hydrogens (tertiary/aromatic N) is 2. The summed E-state index contributed by atoms with van der Waals surface area (Å²) in [5.74, 6) is 0.398. The van der Waals surface area contributed by atoms with Crippen molar-refractivity contribution in [3.63, 3.8) is 0 Å². The normalized spacial score (nSPS) is 23.0. The van der Waals surface area contributed by atoms with Gasteiger partial charge in [0.25, 0.3) is 5.91 Å². The third-order valence-electron chi connectivity index (χ3n) is 5.34. The average Bonchev–Trinajstić information content (AvgIpc) is 3.47. The summed E-state index contributed by atoms with van der Waals surface area (Å²) in [6, 6.07) is 10.3. The van der Waals surface area contributed by atoms with Crippen LogP contribution in [-0.2, 0) is 16.8 Å². The maximum Gasteiger partial charge on any atom is 0.259 e. The first kappa shape index (κ1) is 15.8. The molecule has 1 saturated carbocycles. The molecule has 4 rings (SSSR count). The largest absolute Gasteiger partial charge is 0.338 e. The van der Waals surface area contributed by atoms with E-state index >= 15 is 0 Å². The summed E-state index contributed by atoms with van der Waals surface area (Å²) in [5.41, 5.74) is 3.44. The quantitative estimate of drug-likeness (QED) is 0.903. The SMILES string of the molecule is CCc1cncc(-c2cccc(C3(C4CC4)NC(=N)N(C)C3=O)c2)c1. The van der Waals surface area contributed by atoms with Crippen molar-refractivity contribution in [3.05, 3.63) is 53.9 Å². The number of benzene rings is 1. The first-order valence-corrected chi connectivity index (χ1v) is 8.76. The lowest BCUT2D eigenvalue weighted by atomic mass is 9.83. The molecule has 5 heteroatoms. The molecule has 2 fully saturated rings. The molecule has 0 spiro atoms. The van der Waals surface area contributed by atoms with Crippen LogP contribution in [0, 0.1) is 11.3 Å². The Morgan fingerprint density at radius 2 is 2.08 bits per heavy atom. The van der Waals surface area contributed by atoms with Crippen LogP contribution in [0.3, 0.4) is 0 Å². The molecule has 2 aliphatic rings. The van der Waals surface area contributed by atoms with Gasteiger partial charge in [0, 0.05) is 25.0 Å². The van der Waals surface area contributed by atoms with Gasteiger partial charge in [-0.3, -0.25) is 20.1 Å². The molecule has 0 radical (unpaired) electrons. The number of amides is 1. The van der Waals surface area contributed by atoms with E-state index in [-0.39, 0.29) is 17.8 Å². The number of aryl methyl sites for hydroxylation is 1. The molecule has 1 atom stereocenters. The van der Waals surface area contributed by atoms with Gasteiger partial charge in [-0.15, -0.1) is 0 Å². The van der Waals surface area contributed by atoms with Crippen LogP contribution in [0.5, 0.6) is 0 Å². The number of carbonyl (C=O) groups excluding carboxylic acids is 1. The molecule has 1 saturated heterocycles. The Labute approximate surface area is 147 Å². The Hall–Kier alpha value is -2.69. The number of pyridine rings is 1. The Balaban J connectivity index is 1.80. The molecular formula is C20H22N4O. The van der Waals surface area contributed by atoms with Crippen LogP contribution in [0.2, 0.25) is 0 Å². The number of aromatic nitrogens is 1. The molecule has 1 aliphatic carbocycles. The summed E-state index contributed by atoms with van der Waals surface area (Å²) >= 11 is 0. The first-order chi connectivity index (χ1) is 12.1. The highest BCUT2D eigenvalue weighted by molar-refractivity contribution is 6.08. The minimum absolute atomic E-state index is 0.0300. The highest BCUT2D eigenvalue weighted by Gasteiger charge is 2.58. The molecule has 0 bridgehead atoms. The van der Waals surface area contributed by atoms with Crippen molar-refractivity contribution in [2.45, 2.75) is 31.7 Å².